The van der Waals surface area contributed by atoms with Gasteiger partial charge in [-0.05, 0) is 75.6 Å². The van der Waals surface area contributed by atoms with Gasteiger partial charge in [0.05, 0.1) is 6.04 Å². The minimum absolute atomic E-state index is 0.0716. The van der Waals surface area contributed by atoms with E-state index in [-0.39, 0.29) is 11.8 Å². The Morgan fingerprint density at radius 3 is 2.76 bits per heavy atom. The monoisotopic (exact) mass is 449 g/mol. The van der Waals surface area contributed by atoms with Gasteiger partial charge in [-0.25, -0.2) is 9.78 Å². The van der Waals surface area contributed by atoms with Crippen LogP contribution in [0.2, 0.25) is 0 Å². The molecular weight excluding hydrogens is 414 g/mol. The summed E-state index contributed by atoms with van der Waals surface area (Å²) in [6.07, 6.45) is 6.68. The van der Waals surface area contributed by atoms with Crippen LogP contribution in [0.1, 0.15) is 50.3 Å². The Labute approximate surface area is 196 Å². The fourth-order valence-electron chi connectivity index (χ4n) is 3.86. The molecule has 1 aliphatic rings. The number of fused-ring (bicyclic) bond motifs is 1. The number of nitrogens with zero attached hydrogens (tertiary/aromatic N) is 1. The molecule has 0 spiro atoms. The van der Waals surface area contributed by atoms with E-state index in [9.17, 15) is 9.59 Å². The SMILES string of the molecule is C=C(CCCCc1ccc2c(n1)NCCC2)NCCC(NC(=O)Nc1ccccc1)C(C)=O. The number of allylic oxidation sites excluding steroid dienone is 1. The number of unbranched alkanes of at least 4 members (excludes halogenated alkanes) is 1. The van der Waals surface area contributed by atoms with Crippen molar-refractivity contribution in [3.8, 4) is 0 Å². The number of pyridine rings is 1. The maximum atomic E-state index is 12.2. The van der Waals surface area contributed by atoms with E-state index in [0.717, 1.165) is 55.9 Å². The average molecular weight is 450 g/mol. The van der Waals surface area contributed by atoms with Crippen molar-refractivity contribution < 1.29 is 9.59 Å². The molecule has 1 unspecified atom stereocenters. The molecule has 3 rings (SSSR count). The standard InChI is InChI=1S/C26H35N5O2/c1-19(9-6-7-13-23-15-14-21-10-8-17-28-25(21)29-23)27-18-16-24(20(2)32)31-26(33)30-22-11-4-3-5-12-22/h3-5,11-12,14-15,24,27H,1,6-10,13,16-18H2,2H3,(H,28,29)(H2,30,31,33). The summed E-state index contributed by atoms with van der Waals surface area (Å²) in [6.45, 7) is 7.17. The van der Waals surface area contributed by atoms with Crippen molar-refractivity contribution in [3.63, 3.8) is 0 Å². The van der Waals surface area contributed by atoms with Crippen LogP contribution in [0.4, 0.5) is 16.3 Å². The average Bonchev–Trinajstić information content (AvgIpc) is 2.81. The first-order chi connectivity index (χ1) is 16.0. The summed E-state index contributed by atoms with van der Waals surface area (Å²) in [5.74, 6) is 0.980. The number of hydrogen-bond acceptors (Lipinski definition) is 5. The molecule has 1 atom stereocenters. The second-order valence-electron chi connectivity index (χ2n) is 8.49. The molecule has 0 bridgehead atoms. The van der Waals surface area contributed by atoms with E-state index in [1.54, 1.807) is 12.1 Å². The Balaban J connectivity index is 1.31. The smallest absolute Gasteiger partial charge is 0.319 e. The van der Waals surface area contributed by atoms with Crippen LogP contribution in [0.15, 0.2) is 54.7 Å². The number of para-hydroxylation sites is 1. The summed E-state index contributed by atoms with van der Waals surface area (Å²) in [5, 5.41) is 12.2. The van der Waals surface area contributed by atoms with Gasteiger partial charge in [-0.2, -0.15) is 0 Å². The maximum absolute atomic E-state index is 12.2. The number of rotatable bonds is 12. The first kappa shape index (κ1) is 24.3. The first-order valence-corrected chi connectivity index (χ1v) is 11.8. The van der Waals surface area contributed by atoms with Crippen molar-refractivity contribution in [2.45, 2.75) is 57.9 Å². The van der Waals surface area contributed by atoms with Crippen LogP contribution in [0.3, 0.4) is 0 Å². The van der Waals surface area contributed by atoms with Crippen LogP contribution in [0.5, 0.6) is 0 Å². The van der Waals surface area contributed by atoms with Gasteiger partial charge in [0.2, 0.25) is 0 Å². The molecule has 0 radical (unpaired) electrons. The number of nitrogens with one attached hydrogen (secondary N) is 4. The highest BCUT2D eigenvalue weighted by atomic mass is 16.2. The van der Waals surface area contributed by atoms with E-state index in [1.807, 2.05) is 18.2 Å². The maximum Gasteiger partial charge on any atom is 0.319 e. The Hall–Kier alpha value is -3.35. The number of amides is 2. The van der Waals surface area contributed by atoms with Crippen molar-refractivity contribution in [2.24, 2.45) is 0 Å². The number of benzene rings is 1. The molecule has 33 heavy (non-hydrogen) atoms. The molecule has 7 heteroatoms. The number of carbonyl (C=O) groups excluding carboxylic acids is 2. The van der Waals surface area contributed by atoms with Gasteiger partial charge in [-0.1, -0.05) is 30.8 Å². The highest BCUT2D eigenvalue weighted by molar-refractivity contribution is 5.93. The van der Waals surface area contributed by atoms with Crippen molar-refractivity contribution >= 4 is 23.3 Å². The molecule has 2 heterocycles. The summed E-state index contributed by atoms with van der Waals surface area (Å²) in [7, 11) is 0. The number of carbonyl (C=O) groups is 2. The number of ketones is 1. The van der Waals surface area contributed by atoms with E-state index < -0.39 is 6.04 Å². The second kappa shape index (κ2) is 12.6. The van der Waals surface area contributed by atoms with Crippen LogP contribution in [-0.2, 0) is 17.6 Å². The third-order valence-corrected chi connectivity index (χ3v) is 5.75. The van der Waals surface area contributed by atoms with Crippen LogP contribution in [0.25, 0.3) is 0 Å². The molecule has 1 aromatic heterocycles. The number of aromatic nitrogens is 1. The van der Waals surface area contributed by atoms with E-state index in [0.29, 0.717) is 18.7 Å². The number of urea groups is 1. The fourth-order valence-corrected chi connectivity index (χ4v) is 3.86. The topological polar surface area (TPSA) is 95.2 Å². The van der Waals surface area contributed by atoms with Crippen molar-refractivity contribution in [2.75, 3.05) is 23.7 Å². The lowest BCUT2D eigenvalue weighted by molar-refractivity contribution is -0.118. The molecule has 7 nitrogen and oxygen atoms in total. The zero-order chi connectivity index (χ0) is 23.5. The molecule has 0 aliphatic carbocycles. The summed E-state index contributed by atoms with van der Waals surface area (Å²) >= 11 is 0. The summed E-state index contributed by atoms with van der Waals surface area (Å²) in [4.78, 5) is 28.9. The van der Waals surface area contributed by atoms with Crippen LogP contribution in [0, 0.1) is 0 Å². The number of Topliss-reactive ketones (excluding diaryl/α,β-unsaturated/α-hetero) is 1. The van der Waals surface area contributed by atoms with Gasteiger partial charge >= 0.3 is 6.03 Å². The van der Waals surface area contributed by atoms with Crippen molar-refractivity contribution in [1.29, 1.82) is 0 Å². The molecule has 2 aromatic rings. The summed E-state index contributed by atoms with van der Waals surface area (Å²) in [5.41, 5.74) is 4.08. The molecule has 0 saturated heterocycles. The number of hydrogen-bond donors (Lipinski definition) is 4. The predicted octanol–water partition coefficient (Wildman–Crippen LogP) is 4.43. The minimum atomic E-state index is -0.544. The van der Waals surface area contributed by atoms with E-state index in [1.165, 1.54) is 18.9 Å². The van der Waals surface area contributed by atoms with E-state index in [4.69, 9.17) is 4.98 Å². The van der Waals surface area contributed by atoms with E-state index in [2.05, 4.69) is 40.0 Å². The summed E-state index contributed by atoms with van der Waals surface area (Å²) < 4.78 is 0. The van der Waals surface area contributed by atoms with Crippen LogP contribution < -0.4 is 21.3 Å². The lowest BCUT2D eigenvalue weighted by Crippen LogP contribution is -2.43. The highest BCUT2D eigenvalue weighted by Crippen LogP contribution is 2.20. The lowest BCUT2D eigenvalue weighted by Gasteiger charge is -2.18. The van der Waals surface area contributed by atoms with Crippen molar-refractivity contribution in [3.05, 3.63) is 66.0 Å². The van der Waals surface area contributed by atoms with Crippen LogP contribution in [-0.4, -0.2) is 35.9 Å². The van der Waals surface area contributed by atoms with Gasteiger partial charge in [0.15, 0.2) is 5.78 Å². The third kappa shape index (κ3) is 8.25. The van der Waals surface area contributed by atoms with Gasteiger partial charge in [0, 0.05) is 30.2 Å². The largest absolute Gasteiger partial charge is 0.389 e. The van der Waals surface area contributed by atoms with Gasteiger partial charge in [0.25, 0.3) is 0 Å². The molecule has 0 fully saturated rings. The Morgan fingerprint density at radius 2 is 1.97 bits per heavy atom. The Bertz CT molecular complexity index is 945. The first-order valence-electron chi connectivity index (χ1n) is 11.8. The quantitative estimate of drug-likeness (QED) is 0.360. The minimum Gasteiger partial charge on any atom is -0.389 e. The lowest BCUT2D eigenvalue weighted by atomic mass is 10.1. The third-order valence-electron chi connectivity index (χ3n) is 5.75. The normalized spacial score (nSPS) is 13.2. The van der Waals surface area contributed by atoms with Gasteiger partial charge in [0.1, 0.15) is 5.82 Å². The fraction of sp³-hybridized carbons (Fsp3) is 0.423. The molecule has 4 N–H and O–H groups in total. The van der Waals surface area contributed by atoms with Gasteiger partial charge < -0.3 is 21.3 Å². The molecule has 2 amide bonds. The number of anilines is 2. The summed E-state index contributed by atoms with van der Waals surface area (Å²) in [6, 6.07) is 12.6. The zero-order valence-electron chi connectivity index (χ0n) is 19.5. The molecular formula is C26H35N5O2. The number of aryl methyl sites for hydroxylation is 2. The Morgan fingerprint density at radius 1 is 1.15 bits per heavy atom. The Kier molecular flexibility index (Phi) is 9.30. The van der Waals surface area contributed by atoms with E-state index >= 15 is 0 Å². The second-order valence-corrected chi connectivity index (χ2v) is 8.49. The van der Waals surface area contributed by atoms with Crippen molar-refractivity contribution in [1.82, 2.24) is 15.6 Å². The van der Waals surface area contributed by atoms with Gasteiger partial charge in [-0.3, -0.25) is 4.79 Å². The predicted molar refractivity (Wildman–Crippen MR) is 133 cm³/mol. The molecule has 0 saturated carbocycles. The molecule has 1 aliphatic heterocycles. The zero-order valence-corrected chi connectivity index (χ0v) is 19.5. The van der Waals surface area contributed by atoms with Gasteiger partial charge in [-0.15, -0.1) is 0 Å². The molecule has 176 valence electrons. The van der Waals surface area contributed by atoms with Crippen LogP contribution >= 0.6 is 0 Å². The molecule has 1 aromatic carbocycles. The highest BCUT2D eigenvalue weighted by Gasteiger charge is 2.17.